The van der Waals surface area contributed by atoms with Crippen LogP contribution >= 0.6 is 0 Å². The van der Waals surface area contributed by atoms with Crippen LogP contribution in [0.25, 0.3) is 0 Å². The topological polar surface area (TPSA) is 96.2 Å². The van der Waals surface area contributed by atoms with Gasteiger partial charge in [0.2, 0.25) is 0 Å². The average molecular weight is 240 g/mol. The van der Waals surface area contributed by atoms with E-state index in [1.165, 1.54) is 4.68 Å². The van der Waals surface area contributed by atoms with E-state index < -0.39 is 5.82 Å². The van der Waals surface area contributed by atoms with Gasteiger partial charge in [-0.3, -0.25) is 0 Å². The lowest BCUT2D eigenvalue weighted by Gasteiger charge is -2.02. The van der Waals surface area contributed by atoms with Crippen LogP contribution in [0.4, 0.5) is 0 Å². The molecule has 0 aliphatic carbocycles. The molecular weight excluding hydrogens is 228 g/mol. The van der Waals surface area contributed by atoms with Crippen molar-refractivity contribution in [3.63, 3.8) is 0 Å². The van der Waals surface area contributed by atoms with Crippen LogP contribution in [0.15, 0.2) is 13.6 Å². The lowest BCUT2D eigenvalue weighted by Crippen LogP contribution is -2.09. The largest absolute Gasteiger partial charge is 0.519 e. The third-order valence-corrected chi connectivity index (χ3v) is 2.17. The van der Waals surface area contributed by atoms with E-state index in [-0.39, 0.29) is 6.54 Å². The van der Waals surface area contributed by atoms with E-state index in [1.807, 2.05) is 6.92 Å². The standard InChI is InChI=1S/C9H12N4O4/c1-3-15-5-8-10-11-12-13(8)4-7-6(2)16-9(14)17-7/h3-5H2,1-2H3. The summed E-state index contributed by atoms with van der Waals surface area (Å²) in [5.41, 5.74) is 0. The zero-order chi connectivity index (χ0) is 12.3. The van der Waals surface area contributed by atoms with E-state index in [2.05, 4.69) is 15.5 Å². The monoisotopic (exact) mass is 240 g/mol. The van der Waals surface area contributed by atoms with Crippen molar-refractivity contribution in [3.8, 4) is 0 Å². The number of nitrogens with zero attached hydrogens (tertiary/aromatic N) is 4. The van der Waals surface area contributed by atoms with Gasteiger partial charge in [-0.05, 0) is 24.3 Å². The van der Waals surface area contributed by atoms with Crippen LogP contribution in [-0.2, 0) is 17.9 Å². The summed E-state index contributed by atoms with van der Waals surface area (Å²) in [5.74, 6) is 0.667. The highest BCUT2D eigenvalue weighted by Gasteiger charge is 2.13. The Hall–Kier alpha value is -1.96. The maximum atomic E-state index is 10.9. The molecule has 2 heterocycles. The van der Waals surface area contributed by atoms with Gasteiger partial charge in [0.15, 0.2) is 11.6 Å². The van der Waals surface area contributed by atoms with Gasteiger partial charge in [-0.1, -0.05) is 0 Å². The van der Waals surface area contributed by atoms with Gasteiger partial charge in [-0.25, -0.2) is 9.48 Å². The summed E-state index contributed by atoms with van der Waals surface area (Å²) in [5, 5.41) is 11.1. The Morgan fingerprint density at radius 1 is 1.41 bits per heavy atom. The molecular formula is C9H12N4O4. The number of ether oxygens (including phenoxy) is 1. The SMILES string of the molecule is CCOCc1nnnn1Cc1oc(=O)oc1C. The smallest absolute Gasteiger partial charge is 0.396 e. The second-order valence-electron chi connectivity index (χ2n) is 3.32. The fourth-order valence-corrected chi connectivity index (χ4v) is 1.30. The highest BCUT2D eigenvalue weighted by molar-refractivity contribution is 5.01. The minimum atomic E-state index is -0.725. The summed E-state index contributed by atoms with van der Waals surface area (Å²) in [6, 6.07) is 0. The Labute approximate surface area is 96.2 Å². The number of rotatable bonds is 5. The van der Waals surface area contributed by atoms with E-state index in [4.69, 9.17) is 13.6 Å². The summed E-state index contributed by atoms with van der Waals surface area (Å²) in [6.07, 6.45) is 0. The fraction of sp³-hybridized carbons (Fsp3) is 0.556. The van der Waals surface area contributed by atoms with Crippen LogP contribution in [0.1, 0.15) is 24.3 Å². The zero-order valence-corrected chi connectivity index (χ0v) is 9.54. The molecule has 0 fully saturated rings. The molecule has 2 aromatic heterocycles. The van der Waals surface area contributed by atoms with Crippen molar-refractivity contribution in [1.29, 1.82) is 0 Å². The van der Waals surface area contributed by atoms with Crippen molar-refractivity contribution in [1.82, 2.24) is 20.2 Å². The molecule has 0 saturated heterocycles. The number of aryl methyl sites for hydroxylation is 1. The first-order chi connectivity index (χ1) is 8.20. The number of aromatic nitrogens is 4. The lowest BCUT2D eigenvalue weighted by atomic mass is 10.4. The molecule has 2 aromatic rings. The van der Waals surface area contributed by atoms with Gasteiger partial charge in [0, 0.05) is 6.61 Å². The van der Waals surface area contributed by atoms with Crippen LogP contribution in [-0.4, -0.2) is 26.8 Å². The minimum absolute atomic E-state index is 0.243. The molecule has 0 bridgehead atoms. The van der Waals surface area contributed by atoms with Crippen LogP contribution in [0.2, 0.25) is 0 Å². The van der Waals surface area contributed by atoms with Crippen molar-refractivity contribution in [2.75, 3.05) is 6.61 Å². The molecule has 0 spiro atoms. The first kappa shape index (κ1) is 11.5. The van der Waals surface area contributed by atoms with E-state index in [9.17, 15) is 4.79 Å². The molecule has 0 N–H and O–H groups in total. The van der Waals surface area contributed by atoms with Crippen LogP contribution in [0, 0.1) is 6.92 Å². The van der Waals surface area contributed by atoms with Gasteiger partial charge < -0.3 is 13.6 Å². The Kier molecular flexibility index (Phi) is 3.33. The van der Waals surface area contributed by atoms with Crippen molar-refractivity contribution in [3.05, 3.63) is 28.0 Å². The van der Waals surface area contributed by atoms with E-state index >= 15 is 0 Å². The van der Waals surface area contributed by atoms with Crippen molar-refractivity contribution >= 4 is 0 Å². The predicted octanol–water partition coefficient (Wildman–Crippen LogP) is 0.113. The van der Waals surface area contributed by atoms with Gasteiger partial charge in [-0.2, -0.15) is 0 Å². The Balaban J connectivity index is 2.15. The molecule has 0 amide bonds. The zero-order valence-electron chi connectivity index (χ0n) is 9.54. The number of hydrogen-bond donors (Lipinski definition) is 0. The molecule has 0 radical (unpaired) electrons. The van der Waals surface area contributed by atoms with E-state index in [1.54, 1.807) is 6.92 Å². The van der Waals surface area contributed by atoms with Crippen LogP contribution < -0.4 is 5.82 Å². The van der Waals surface area contributed by atoms with E-state index in [0.717, 1.165) is 0 Å². The number of tetrazole rings is 1. The summed E-state index contributed by atoms with van der Waals surface area (Å²) >= 11 is 0. The van der Waals surface area contributed by atoms with Crippen molar-refractivity contribution < 1.29 is 13.6 Å². The highest BCUT2D eigenvalue weighted by atomic mass is 16.6. The van der Waals surface area contributed by atoms with Crippen LogP contribution in [0.3, 0.4) is 0 Å². The normalized spacial score (nSPS) is 10.9. The third-order valence-electron chi connectivity index (χ3n) is 2.17. The van der Waals surface area contributed by atoms with Gasteiger partial charge in [0.05, 0.1) is 0 Å². The summed E-state index contributed by atoms with van der Waals surface area (Å²) in [7, 11) is 0. The second kappa shape index (κ2) is 4.91. The van der Waals surface area contributed by atoms with Gasteiger partial charge in [0.25, 0.3) is 0 Å². The van der Waals surface area contributed by atoms with Gasteiger partial charge in [-0.15, -0.1) is 5.10 Å². The molecule has 8 heteroatoms. The molecule has 2 rings (SSSR count). The Morgan fingerprint density at radius 3 is 2.88 bits per heavy atom. The number of hydrogen-bond acceptors (Lipinski definition) is 7. The van der Waals surface area contributed by atoms with Gasteiger partial charge in [0.1, 0.15) is 18.9 Å². The summed E-state index contributed by atoms with van der Waals surface area (Å²) in [6.45, 7) is 4.66. The molecule has 92 valence electrons. The minimum Gasteiger partial charge on any atom is -0.396 e. The Bertz CT molecular complexity index is 541. The fourth-order valence-electron chi connectivity index (χ4n) is 1.30. The Morgan fingerprint density at radius 2 is 2.24 bits per heavy atom. The summed E-state index contributed by atoms with van der Waals surface area (Å²) < 4.78 is 16.3. The predicted molar refractivity (Wildman–Crippen MR) is 54.2 cm³/mol. The van der Waals surface area contributed by atoms with Crippen molar-refractivity contribution in [2.24, 2.45) is 0 Å². The van der Waals surface area contributed by atoms with Crippen molar-refractivity contribution in [2.45, 2.75) is 27.0 Å². The molecule has 0 aliphatic heterocycles. The maximum Gasteiger partial charge on any atom is 0.519 e. The maximum absolute atomic E-state index is 10.9. The molecule has 0 unspecified atom stereocenters. The van der Waals surface area contributed by atoms with Gasteiger partial charge >= 0.3 is 5.82 Å². The lowest BCUT2D eigenvalue weighted by molar-refractivity contribution is 0.124. The molecule has 0 atom stereocenters. The third kappa shape index (κ3) is 2.59. The first-order valence-electron chi connectivity index (χ1n) is 5.13. The van der Waals surface area contributed by atoms with E-state index in [0.29, 0.717) is 30.6 Å². The summed E-state index contributed by atoms with van der Waals surface area (Å²) in [4.78, 5) is 10.9. The highest BCUT2D eigenvalue weighted by Crippen LogP contribution is 2.07. The van der Waals surface area contributed by atoms with Crippen LogP contribution in [0.5, 0.6) is 0 Å². The first-order valence-corrected chi connectivity index (χ1v) is 5.13. The molecule has 0 aromatic carbocycles. The average Bonchev–Trinajstić information content (AvgIpc) is 2.84. The molecule has 0 saturated carbocycles. The molecule has 17 heavy (non-hydrogen) atoms. The molecule has 8 nitrogen and oxygen atoms in total. The quantitative estimate of drug-likeness (QED) is 0.731. The second-order valence-corrected chi connectivity index (χ2v) is 3.32. The molecule has 0 aliphatic rings.